The highest BCUT2D eigenvalue weighted by molar-refractivity contribution is 6.09. The maximum Gasteiger partial charge on any atom is 0.164 e. The highest BCUT2D eigenvalue weighted by Gasteiger charge is 2.20. The topological polar surface area (TPSA) is 48.5 Å². The number of rotatable bonds is 13. The van der Waals surface area contributed by atoms with Crippen LogP contribution in [0.1, 0.15) is 17.7 Å². The molecule has 17 aromatic rings. The predicted octanol–water partition coefficient (Wildman–Crippen LogP) is 24.2. The van der Waals surface area contributed by atoms with Gasteiger partial charge in [-0.25, -0.2) is 15.0 Å². The number of para-hydroxylation sites is 3. The van der Waals surface area contributed by atoms with E-state index >= 15 is 0 Å². The molecule has 98 heavy (non-hydrogen) atoms. The summed E-state index contributed by atoms with van der Waals surface area (Å²) in [6, 6.07) is 125. The van der Waals surface area contributed by atoms with Crippen LogP contribution in [0.2, 0.25) is 0 Å². The molecule has 0 radical (unpaired) electrons. The van der Waals surface area contributed by atoms with Crippen molar-refractivity contribution < 1.29 is 0 Å². The van der Waals surface area contributed by atoms with E-state index in [-0.39, 0.29) is 0 Å². The van der Waals surface area contributed by atoms with Gasteiger partial charge in [0.25, 0.3) is 0 Å². The zero-order valence-corrected chi connectivity index (χ0v) is 53.7. The van der Waals surface area contributed by atoms with Crippen LogP contribution >= 0.6 is 0 Å². The maximum absolute atomic E-state index is 5.36. The van der Waals surface area contributed by atoms with E-state index < -0.39 is 0 Å². The smallest absolute Gasteiger partial charge is 0.164 e. The van der Waals surface area contributed by atoms with Crippen molar-refractivity contribution in [2.24, 2.45) is 0 Å². The van der Waals surface area contributed by atoms with Gasteiger partial charge in [-0.15, -0.1) is 0 Å². The summed E-state index contributed by atoms with van der Waals surface area (Å²) in [4.78, 5) is 16.0. The second-order valence-electron chi connectivity index (χ2n) is 25.4. The van der Waals surface area contributed by atoms with Crippen LogP contribution in [-0.2, 0) is 6.42 Å². The van der Waals surface area contributed by atoms with E-state index in [1.807, 2.05) is 0 Å². The molecule has 0 unspecified atom stereocenters. The second kappa shape index (κ2) is 24.8. The number of hydrogen-bond donors (Lipinski definition) is 0. The molecule has 1 aliphatic carbocycles. The molecule has 0 saturated carbocycles. The molecular weight excluding hydrogens is 1190 g/mol. The van der Waals surface area contributed by atoms with Crippen LogP contribution in [0.4, 0.5) is 0 Å². The summed E-state index contributed by atoms with van der Waals surface area (Å²) in [5, 5.41) is 3.84. The van der Waals surface area contributed by atoms with E-state index in [2.05, 4.69) is 367 Å². The molecule has 5 nitrogen and oxygen atoms in total. The number of allylic oxidation sites excluding steroid dienone is 1. The predicted molar refractivity (Wildman–Crippen MR) is 408 cm³/mol. The molecule has 14 aromatic carbocycles. The van der Waals surface area contributed by atoms with Gasteiger partial charge in [-0.1, -0.05) is 267 Å². The molecule has 0 fully saturated rings. The first kappa shape index (κ1) is 57.8. The van der Waals surface area contributed by atoms with E-state index in [0.717, 1.165) is 108 Å². The first-order chi connectivity index (χ1) is 48.5. The summed E-state index contributed by atoms with van der Waals surface area (Å²) in [6.45, 7) is 0. The van der Waals surface area contributed by atoms with Crippen LogP contribution < -0.4 is 0 Å². The molecule has 18 rings (SSSR count). The molecule has 0 spiro atoms. The highest BCUT2D eigenvalue weighted by atomic mass is 15.0. The molecule has 3 aromatic heterocycles. The van der Waals surface area contributed by atoms with Crippen LogP contribution in [0, 0.1) is 0 Å². The van der Waals surface area contributed by atoms with Crippen molar-refractivity contribution in [1.29, 1.82) is 0 Å². The Morgan fingerprint density at radius 2 is 0.490 bits per heavy atom. The number of fused-ring (bicyclic) bond motifs is 6. The highest BCUT2D eigenvalue weighted by Crippen LogP contribution is 2.40. The van der Waals surface area contributed by atoms with Crippen LogP contribution in [0.15, 0.2) is 352 Å². The minimum Gasteiger partial charge on any atom is -0.310 e. The molecular formula is C93H63N5. The van der Waals surface area contributed by atoms with Crippen molar-refractivity contribution in [3.63, 3.8) is 0 Å². The monoisotopic (exact) mass is 1250 g/mol. The van der Waals surface area contributed by atoms with E-state index in [4.69, 9.17) is 15.0 Å². The fourth-order valence-corrected chi connectivity index (χ4v) is 14.5. The number of nitrogens with zero attached hydrogens (tertiary/aromatic N) is 5. The Morgan fingerprint density at radius 1 is 0.214 bits per heavy atom. The Kier molecular flexibility index (Phi) is 14.6. The minimum absolute atomic E-state index is 0.592. The first-order valence-electron chi connectivity index (χ1n) is 33.7. The largest absolute Gasteiger partial charge is 0.310 e. The van der Waals surface area contributed by atoms with Crippen molar-refractivity contribution in [2.45, 2.75) is 12.8 Å². The average molecular weight is 1250 g/mol. The van der Waals surface area contributed by atoms with Crippen molar-refractivity contribution in [3.8, 4) is 135 Å². The Hall–Kier alpha value is -12.8. The zero-order valence-electron chi connectivity index (χ0n) is 53.7. The molecule has 0 aliphatic heterocycles. The Morgan fingerprint density at radius 3 is 0.898 bits per heavy atom. The lowest BCUT2D eigenvalue weighted by molar-refractivity contribution is 0.967. The molecule has 0 bridgehead atoms. The van der Waals surface area contributed by atoms with E-state index in [1.165, 1.54) is 66.2 Å². The van der Waals surface area contributed by atoms with Gasteiger partial charge in [-0.2, -0.15) is 0 Å². The molecule has 0 N–H and O–H groups in total. The lowest BCUT2D eigenvalue weighted by atomic mass is 9.94. The quantitative estimate of drug-likeness (QED) is 0.116. The van der Waals surface area contributed by atoms with E-state index in [9.17, 15) is 0 Å². The molecule has 5 heteroatoms. The van der Waals surface area contributed by atoms with Crippen LogP contribution in [0.3, 0.4) is 0 Å². The van der Waals surface area contributed by atoms with Crippen LogP contribution in [0.25, 0.3) is 173 Å². The number of hydrogen-bond acceptors (Lipinski definition) is 3. The number of aryl methyl sites for hydroxylation is 1. The Labute approximate surface area is 569 Å². The average Bonchev–Trinajstić information content (AvgIpc) is 1.62. The van der Waals surface area contributed by atoms with Gasteiger partial charge in [0.1, 0.15) is 0 Å². The van der Waals surface area contributed by atoms with Gasteiger partial charge in [-0.3, -0.25) is 0 Å². The summed E-state index contributed by atoms with van der Waals surface area (Å²) < 4.78 is 4.78. The van der Waals surface area contributed by atoms with Crippen molar-refractivity contribution >= 4 is 38.8 Å². The molecule has 0 saturated heterocycles. The number of benzene rings is 14. The van der Waals surface area contributed by atoms with Crippen LogP contribution in [0.5, 0.6) is 0 Å². The fraction of sp³-hybridized carbons (Fsp3) is 0.0215. The normalized spacial score (nSPS) is 12.0. The van der Waals surface area contributed by atoms with Crippen molar-refractivity contribution in [3.05, 3.63) is 363 Å². The van der Waals surface area contributed by atoms with Gasteiger partial charge < -0.3 is 9.13 Å². The van der Waals surface area contributed by atoms with E-state index in [0.29, 0.717) is 17.5 Å². The molecule has 3 heterocycles. The molecule has 0 amide bonds. The third kappa shape index (κ3) is 10.9. The summed E-state index contributed by atoms with van der Waals surface area (Å²) in [6.07, 6.45) is 6.72. The second-order valence-corrected chi connectivity index (χ2v) is 25.4. The van der Waals surface area contributed by atoms with E-state index in [1.54, 1.807) is 0 Å². The SMILES string of the molecule is C1=Cc2c(c3ccccc3n2-c2ccc(-c3cccc(-c4cccc(-c5nc(-c6ccc(-c7cccc(-c8cccc(-c9cccc(-c%10ccccc%10)c9)c8)c7)cc6)nc(-c6cccc(-c7cccc(-c8ccc(-n9c%10ccccc%10c%10ccccc%109)cc8)c7)c6)n5)c4)c3)cc2)CC1. The summed E-state index contributed by atoms with van der Waals surface area (Å²) in [5.41, 5.74) is 29.6. The lowest BCUT2D eigenvalue weighted by Gasteiger charge is -2.13. The Bertz CT molecular complexity index is 5860. The van der Waals surface area contributed by atoms with Gasteiger partial charge in [0.15, 0.2) is 17.5 Å². The third-order valence-corrected chi connectivity index (χ3v) is 19.5. The van der Waals surface area contributed by atoms with Gasteiger partial charge >= 0.3 is 0 Å². The number of aromatic nitrogens is 5. The Balaban J connectivity index is 0.673. The first-order valence-corrected chi connectivity index (χ1v) is 33.7. The van der Waals surface area contributed by atoms with Crippen molar-refractivity contribution in [1.82, 2.24) is 24.1 Å². The third-order valence-electron chi connectivity index (χ3n) is 19.5. The maximum atomic E-state index is 5.36. The fourth-order valence-electron chi connectivity index (χ4n) is 14.5. The molecule has 460 valence electrons. The summed E-state index contributed by atoms with van der Waals surface area (Å²) in [5.74, 6) is 1.78. The molecule has 1 aliphatic rings. The van der Waals surface area contributed by atoms with Gasteiger partial charge in [0, 0.05) is 49.9 Å². The minimum atomic E-state index is 0.592. The summed E-state index contributed by atoms with van der Waals surface area (Å²) in [7, 11) is 0. The van der Waals surface area contributed by atoms with Crippen LogP contribution in [-0.4, -0.2) is 24.1 Å². The van der Waals surface area contributed by atoms with Gasteiger partial charge in [0.05, 0.1) is 16.6 Å². The molecule has 0 atom stereocenters. The van der Waals surface area contributed by atoms with Gasteiger partial charge in [0.2, 0.25) is 0 Å². The standard InChI is InChI=1S/C93H63N5/c1-2-19-62(20-3-1)67-21-12-25-71(55-67)75-29-16-30-76(59-75)72-26-13-22-68(56-72)63-43-45-66(46-44-63)91-94-92(79-33-17-31-77(60-79)73-27-14-23-69(57-73)64-47-51-81(52-48-64)97-87-39-8-4-35-83(87)84-36-5-9-40-88(84)97)96-93(95-91)80-34-18-32-78(61-80)74-28-15-24-70(58-74)65-49-53-82(54-50-65)98-89-41-10-6-37-85(89)86-38-7-11-42-90(86)98/h1-6,8-37,39-61H,7,38H2. The van der Waals surface area contributed by atoms with Crippen molar-refractivity contribution in [2.75, 3.05) is 0 Å². The van der Waals surface area contributed by atoms with Gasteiger partial charge in [-0.05, 0) is 198 Å². The lowest BCUT2D eigenvalue weighted by Crippen LogP contribution is -2.00. The summed E-state index contributed by atoms with van der Waals surface area (Å²) >= 11 is 0. The zero-order chi connectivity index (χ0) is 64.9.